The SMILES string of the molecule is Cc1csc(SC2CCC(NC(=O)Cn3cc(C)c(=O)[nH]c3=O)CC2)n1. The fourth-order valence-electron chi connectivity index (χ4n) is 3.02. The van der Waals surface area contributed by atoms with E-state index in [0.29, 0.717) is 10.8 Å². The Bertz CT molecular complexity index is 894. The Kier molecular flexibility index (Phi) is 5.98. The van der Waals surface area contributed by atoms with Gasteiger partial charge < -0.3 is 5.32 Å². The highest BCUT2D eigenvalue weighted by molar-refractivity contribution is 8.01. The largest absolute Gasteiger partial charge is 0.352 e. The predicted octanol–water partition coefficient (Wildman–Crippen LogP) is 1.83. The lowest BCUT2D eigenvalue weighted by atomic mass is 9.95. The first-order chi connectivity index (χ1) is 12.4. The highest BCUT2D eigenvalue weighted by atomic mass is 32.2. The number of carbonyl (C=O) groups excluding carboxylic acids is 1. The molecule has 9 heteroatoms. The molecule has 2 aromatic rings. The van der Waals surface area contributed by atoms with E-state index in [4.69, 9.17) is 0 Å². The number of thioether (sulfide) groups is 1. The smallest absolute Gasteiger partial charge is 0.328 e. The summed E-state index contributed by atoms with van der Waals surface area (Å²) in [4.78, 5) is 42.1. The van der Waals surface area contributed by atoms with Crippen molar-refractivity contribution in [2.24, 2.45) is 0 Å². The van der Waals surface area contributed by atoms with Crippen LogP contribution in [0.2, 0.25) is 0 Å². The molecule has 0 aliphatic heterocycles. The molecular formula is C17H22N4O3S2. The maximum absolute atomic E-state index is 12.2. The molecule has 2 heterocycles. The number of carbonyl (C=O) groups is 1. The third-order valence-electron chi connectivity index (χ3n) is 4.41. The van der Waals surface area contributed by atoms with Gasteiger partial charge >= 0.3 is 5.69 Å². The van der Waals surface area contributed by atoms with Gasteiger partial charge in [0.25, 0.3) is 5.56 Å². The predicted molar refractivity (Wildman–Crippen MR) is 103 cm³/mol. The van der Waals surface area contributed by atoms with Crippen LogP contribution in [0.15, 0.2) is 25.5 Å². The standard InChI is InChI=1S/C17H22N4O3S2/c1-10-7-21(16(24)20-15(10)23)8-14(22)19-12-3-5-13(6-4-12)26-17-18-11(2)9-25-17/h7,9,12-13H,3-6,8H2,1-2H3,(H,19,22)(H,20,23,24). The van der Waals surface area contributed by atoms with Crippen molar-refractivity contribution in [3.05, 3.63) is 43.7 Å². The molecule has 0 bridgehead atoms. The molecule has 26 heavy (non-hydrogen) atoms. The molecule has 1 fully saturated rings. The molecule has 3 rings (SSSR count). The molecule has 0 saturated heterocycles. The number of H-pyrrole nitrogens is 1. The lowest BCUT2D eigenvalue weighted by molar-refractivity contribution is -0.122. The van der Waals surface area contributed by atoms with E-state index in [1.54, 1.807) is 18.3 Å². The maximum Gasteiger partial charge on any atom is 0.328 e. The van der Waals surface area contributed by atoms with E-state index < -0.39 is 11.2 Å². The van der Waals surface area contributed by atoms with Gasteiger partial charge in [-0.2, -0.15) is 0 Å². The molecule has 0 unspecified atom stereocenters. The first-order valence-corrected chi connectivity index (χ1v) is 10.3. The minimum Gasteiger partial charge on any atom is -0.352 e. The van der Waals surface area contributed by atoms with Crippen molar-refractivity contribution in [2.75, 3.05) is 0 Å². The van der Waals surface area contributed by atoms with E-state index in [9.17, 15) is 14.4 Å². The highest BCUT2D eigenvalue weighted by Gasteiger charge is 2.24. The summed E-state index contributed by atoms with van der Waals surface area (Å²) in [7, 11) is 0. The Morgan fingerprint density at radius 3 is 2.73 bits per heavy atom. The van der Waals surface area contributed by atoms with Crippen LogP contribution in [-0.4, -0.2) is 31.7 Å². The van der Waals surface area contributed by atoms with Crippen LogP contribution in [-0.2, 0) is 11.3 Å². The average molecular weight is 395 g/mol. The Hall–Kier alpha value is -1.87. The average Bonchev–Trinajstić information content (AvgIpc) is 2.99. The first-order valence-electron chi connectivity index (χ1n) is 8.59. The molecule has 2 N–H and O–H groups in total. The molecule has 1 saturated carbocycles. The van der Waals surface area contributed by atoms with Crippen LogP contribution in [0.5, 0.6) is 0 Å². The normalized spacial score (nSPS) is 20.1. The second-order valence-corrected chi connectivity index (χ2v) is 9.02. The van der Waals surface area contributed by atoms with Gasteiger partial charge in [0, 0.05) is 34.1 Å². The van der Waals surface area contributed by atoms with Gasteiger partial charge in [-0.25, -0.2) is 9.78 Å². The number of rotatable bonds is 5. The Morgan fingerprint density at radius 2 is 2.08 bits per heavy atom. The minimum atomic E-state index is -0.561. The van der Waals surface area contributed by atoms with Gasteiger partial charge in [-0.3, -0.25) is 19.1 Å². The zero-order valence-electron chi connectivity index (χ0n) is 14.8. The fourth-order valence-corrected chi connectivity index (χ4v) is 5.30. The van der Waals surface area contributed by atoms with Crippen LogP contribution in [0, 0.1) is 13.8 Å². The fraction of sp³-hybridized carbons (Fsp3) is 0.529. The quantitative estimate of drug-likeness (QED) is 0.806. The van der Waals surface area contributed by atoms with Crippen LogP contribution < -0.4 is 16.6 Å². The van der Waals surface area contributed by atoms with Crippen LogP contribution in [0.1, 0.15) is 36.9 Å². The van der Waals surface area contributed by atoms with Gasteiger partial charge in [-0.05, 0) is 39.5 Å². The Morgan fingerprint density at radius 1 is 1.35 bits per heavy atom. The highest BCUT2D eigenvalue weighted by Crippen LogP contribution is 2.35. The van der Waals surface area contributed by atoms with Gasteiger partial charge in [0.05, 0.1) is 0 Å². The molecule has 7 nitrogen and oxygen atoms in total. The number of nitrogens with one attached hydrogen (secondary N) is 2. The summed E-state index contributed by atoms with van der Waals surface area (Å²) in [6, 6.07) is 0.136. The molecule has 2 aromatic heterocycles. The summed E-state index contributed by atoms with van der Waals surface area (Å²) in [5.41, 5.74) is 0.492. The minimum absolute atomic E-state index is 0.0798. The topological polar surface area (TPSA) is 96.9 Å². The zero-order chi connectivity index (χ0) is 18.7. The van der Waals surface area contributed by atoms with Crippen molar-refractivity contribution in [3.8, 4) is 0 Å². The van der Waals surface area contributed by atoms with Gasteiger partial charge in [-0.15, -0.1) is 11.3 Å². The lowest BCUT2D eigenvalue weighted by Crippen LogP contribution is -2.42. The van der Waals surface area contributed by atoms with Crippen molar-refractivity contribution in [2.45, 2.75) is 61.7 Å². The third-order valence-corrected chi connectivity index (χ3v) is 6.83. The van der Waals surface area contributed by atoms with Crippen LogP contribution in [0.3, 0.4) is 0 Å². The number of nitrogens with zero attached hydrogens (tertiary/aromatic N) is 2. The first kappa shape index (κ1) is 18.9. The summed E-state index contributed by atoms with van der Waals surface area (Å²) in [6.45, 7) is 3.53. The van der Waals surface area contributed by atoms with E-state index in [0.717, 1.165) is 35.7 Å². The maximum atomic E-state index is 12.2. The molecule has 0 radical (unpaired) electrons. The number of thiazole rings is 1. The lowest BCUT2D eigenvalue weighted by Gasteiger charge is -2.28. The molecule has 0 atom stereocenters. The molecule has 1 amide bonds. The van der Waals surface area contributed by atoms with Crippen LogP contribution in [0.4, 0.5) is 0 Å². The van der Waals surface area contributed by atoms with Gasteiger partial charge in [0.15, 0.2) is 0 Å². The molecule has 140 valence electrons. The van der Waals surface area contributed by atoms with Crippen molar-refractivity contribution in [1.29, 1.82) is 0 Å². The van der Waals surface area contributed by atoms with Crippen molar-refractivity contribution >= 4 is 29.0 Å². The van der Waals surface area contributed by atoms with E-state index in [-0.39, 0.29) is 18.5 Å². The number of aryl methyl sites for hydroxylation is 2. The molecular weight excluding hydrogens is 372 g/mol. The second kappa shape index (κ2) is 8.22. The van der Waals surface area contributed by atoms with E-state index in [2.05, 4.69) is 20.7 Å². The number of hydrogen-bond acceptors (Lipinski definition) is 6. The van der Waals surface area contributed by atoms with E-state index in [1.165, 1.54) is 10.8 Å². The van der Waals surface area contributed by atoms with E-state index >= 15 is 0 Å². The van der Waals surface area contributed by atoms with E-state index in [1.807, 2.05) is 18.7 Å². The molecule has 0 spiro atoms. The van der Waals surface area contributed by atoms with Gasteiger partial charge in [-0.1, -0.05) is 11.8 Å². The number of hydrogen-bond donors (Lipinski definition) is 2. The summed E-state index contributed by atoms with van der Waals surface area (Å²) < 4.78 is 2.35. The number of amides is 1. The van der Waals surface area contributed by atoms with Crippen molar-refractivity contribution < 1.29 is 4.79 Å². The second-order valence-electron chi connectivity index (χ2n) is 6.61. The molecule has 1 aliphatic carbocycles. The monoisotopic (exact) mass is 394 g/mol. The summed E-state index contributed by atoms with van der Waals surface area (Å²) in [6.07, 6.45) is 5.34. The summed E-state index contributed by atoms with van der Waals surface area (Å²) in [5.74, 6) is -0.204. The van der Waals surface area contributed by atoms with Gasteiger partial charge in [0.2, 0.25) is 5.91 Å². The zero-order valence-corrected chi connectivity index (χ0v) is 16.4. The summed E-state index contributed by atoms with van der Waals surface area (Å²) in [5, 5.41) is 5.61. The number of aromatic amines is 1. The van der Waals surface area contributed by atoms with Gasteiger partial charge in [0.1, 0.15) is 10.9 Å². The number of aromatic nitrogens is 3. The third kappa shape index (κ3) is 4.85. The summed E-state index contributed by atoms with van der Waals surface area (Å²) >= 11 is 3.51. The van der Waals surface area contributed by atoms with Crippen LogP contribution >= 0.6 is 23.1 Å². The van der Waals surface area contributed by atoms with Crippen molar-refractivity contribution in [3.63, 3.8) is 0 Å². The Balaban J connectivity index is 1.48. The molecule has 0 aromatic carbocycles. The Labute approximate surface area is 159 Å². The molecule has 1 aliphatic rings. The van der Waals surface area contributed by atoms with Crippen LogP contribution in [0.25, 0.3) is 0 Å². The van der Waals surface area contributed by atoms with Crippen molar-refractivity contribution in [1.82, 2.24) is 19.9 Å².